The Bertz CT molecular complexity index is 908. The second-order valence-electron chi connectivity index (χ2n) is 7.43. The summed E-state index contributed by atoms with van der Waals surface area (Å²) in [6, 6.07) is 5.15. The molecular formula is C20H21F3N4O2S2. The van der Waals surface area contributed by atoms with Gasteiger partial charge >= 0.3 is 6.18 Å². The fourth-order valence-electron chi connectivity index (χ4n) is 3.62. The average Bonchev–Trinajstić information content (AvgIpc) is 3.26. The van der Waals surface area contributed by atoms with Crippen LogP contribution in [0.4, 0.5) is 13.2 Å². The van der Waals surface area contributed by atoms with E-state index < -0.39 is 11.7 Å². The van der Waals surface area contributed by atoms with E-state index in [0.29, 0.717) is 36.1 Å². The van der Waals surface area contributed by atoms with E-state index in [1.807, 2.05) is 4.90 Å². The highest BCUT2D eigenvalue weighted by Crippen LogP contribution is 2.31. The SMILES string of the molecule is O=C(CSc1ccc(C(F)(F)F)cc1)N1CC(N2CCN(C(=O)c3nccs3)CC2)C1. The molecule has 0 spiro atoms. The molecule has 3 heterocycles. The molecule has 166 valence electrons. The highest BCUT2D eigenvalue weighted by atomic mass is 32.2. The summed E-state index contributed by atoms with van der Waals surface area (Å²) in [5.41, 5.74) is -0.692. The van der Waals surface area contributed by atoms with Crippen LogP contribution >= 0.6 is 23.1 Å². The van der Waals surface area contributed by atoms with Crippen molar-refractivity contribution < 1.29 is 22.8 Å². The van der Waals surface area contributed by atoms with Crippen molar-refractivity contribution in [1.29, 1.82) is 0 Å². The molecule has 6 nitrogen and oxygen atoms in total. The predicted molar refractivity (Wildman–Crippen MR) is 112 cm³/mol. The first-order valence-electron chi connectivity index (χ1n) is 9.82. The van der Waals surface area contributed by atoms with Gasteiger partial charge in [0.25, 0.3) is 5.91 Å². The molecule has 0 radical (unpaired) electrons. The van der Waals surface area contributed by atoms with Gasteiger partial charge in [0.2, 0.25) is 5.91 Å². The molecule has 2 aliphatic heterocycles. The fourth-order valence-corrected chi connectivity index (χ4v) is 5.02. The number of aromatic nitrogens is 1. The Hall–Kier alpha value is -2.11. The summed E-state index contributed by atoms with van der Waals surface area (Å²) in [4.78, 5) is 35.3. The first-order chi connectivity index (χ1) is 14.8. The molecule has 31 heavy (non-hydrogen) atoms. The van der Waals surface area contributed by atoms with Crippen LogP contribution in [0, 0.1) is 0 Å². The van der Waals surface area contributed by atoms with E-state index in [-0.39, 0.29) is 23.6 Å². The van der Waals surface area contributed by atoms with Crippen LogP contribution in [-0.4, -0.2) is 82.6 Å². The number of hydrogen-bond acceptors (Lipinski definition) is 6. The smallest absolute Gasteiger partial charge is 0.339 e. The number of nitrogens with zero attached hydrogens (tertiary/aromatic N) is 4. The molecular weight excluding hydrogens is 449 g/mol. The average molecular weight is 471 g/mol. The number of benzene rings is 1. The molecule has 1 aromatic carbocycles. The van der Waals surface area contributed by atoms with Crippen molar-refractivity contribution in [2.45, 2.75) is 17.1 Å². The standard InChI is InChI=1S/C20H21F3N4O2S2/c21-20(22,23)14-1-3-16(4-2-14)31-13-17(28)27-11-15(12-27)25-6-8-26(9-7-25)19(29)18-24-5-10-30-18/h1-5,10,15H,6-9,11-13H2. The van der Waals surface area contributed by atoms with Gasteiger partial charge in [-0.05, 0) is 24.3 Å². The van der Waals surface area contributed by atoms with Crippen molar-refractivity contribution in [3.8, 4) is 0 Å². The van der Waals surface area contributed by atoms with Gasteiger partial charge in [0.1, 0.15) is 0 Å². The van der Waals surface area contributed by atoms with Gasteiger partial charge in [0.05, 0.1) is 11.3 Å². The van der Waals surface area contributed by atoms with E-state index in [0.717, 1.165) is 25.2 Å². The highest BCUT2D eigenvalue weighted by molar-refractivity contribution is 8.00. The summed E-state index contributed by atoms with van der Waals surface area (Å²) in [6.45, 7) is 4.12. The van der Waals surface area contributed by atoms with Crippen LogP contribution in [0.1, 0.15) is 15.4 Å². The number of amides is 2. The maximum absolute atomic E-state index is 12.6. The predicted octanol–water partition coefficient (Wildman–Crippen LogP) is 2.92. The molecule has 2 saturated heterocycles. The maximum Gasteiger partial charge on any atom is 0.416 e. The molecule has 1 aromatic heterocycles. The third kappa shape index (κ3) is 5.21. The molecule has 0 atom stereocenters. The number of hydrogen-bond donors (Lipinski definition) is 0. The molecule has 0 saturated carbocycles. The number of rotatable bonds is 5. The van der Waals surface area contributed by atoms with Gasteiger partial charge in [-0.1, -0.05) is 0 Å². The monoisotopic (exact) mass is 470 g/mol. The molecule has 0 aliphatic carbocycles. The molecule has 4 rings (SSSR count). The number of carbonyl (C=O) groups excluding carboxylic acids is 2. The van der Waals surface area contributed by atoms with Crippen molar-refractivity contribution in [3.63, 3.8) is 0 Å². The molecule has 0 bridgehead atoms. The van der Waals surface area contributed by atoms with Crippen molar-refractivity contribution in [3.05, 3.63) is 46.4 Å². The van der Waals surface area contributed by atoms with Gasteiger partial charge in [-0.2, -0.15) is 13.2 Å². The number of thioether (sulfide) groups is 1. The molecule has 2 amide bonds. The fraction of sp³-hybridized carbons (Fsp3) is 0.450. The van der Waals surface area contributed by atoms with E-state index in [1.54, 1.807) is 16.5 Å². The number of likely N-dealkylation sites (tertiary alicyclic amines) is 1. The minimum atomic E-state index is -4.36. The molecule has 2 aromatic rings. The Morgan fingerprint density at radius 2 is 1.74 bits per heavy atom. The second-order valence-corrected chi connectivity index (χ2v) is 9.37. The van der Waals surface area contributed by atoms with Gasteiger partial charge in [0.15, 0.2) is 5.01 Å². The lowest BCUT2D eigenvalue weighted by molar-refractivity contribution is -0.138. The van der Waals surface area contributed by atoms with Crippen molar-refractivity contribution in [2.75, 3.05) is 45.0 Å². The van der Waals surface area contributed by atoms with E-state index in [4.69, 9.17) is 0 Å². The molecule has 11 heteroatoms. The van der Waals surface area contributed by atoms with E-state index >= 15 is 0 Å². The third-order valence-corrected chi connectivity index (χ3v) is 7.25. The number of piperazine rings is 1. The summed E-state index contributed by atoms with van der Waals surface area (Å²) in [7, 11) is 0. The minimum Gasteiger partial charge on any atom is -0.339 e. The summed E-state index contributed by atoms with van der Waals surface area (Å²) in [5.74, 6) is 0.160. The van der Waals surface area contributed by atoms with Crippen LogP contribution in [0.15, 0.2) is 40.7 Å². The summed E-state index contributed by atoms with van der Waals surface area (Å²) in [6.07, 6.45) is -2.73. The number of carbonyl (C=O) groups is 2. The Labute approximate surface area is 186 Å². The number of halogens is 3. The van der Waals surface area contributed by atoms with Gasteiger partial charge in [-0.15, -0.1) is 23.1 Å². The highest BCUT2D eigenvalue weighted by Gasteiger charge is 2.36. The summed E-state index contributed by atoms with van der Waals surface area (Å²) >= 11 is 2.59. The van der Waals surface area contributed by atoms with Crippen LogP contribution in [0.25, 0.3) is 0 Å². The first-order valence-corrected chi connectivity index (χ1v) is 11.7. The summed E-state index contributed by atoms with van der Waals surface area (Å²) < 4.78 is 37.8. The van der Waals surface area contributed by atoms with Crippen LogP contribution in [0.2, 0.25) is 0 Å². The second kappa shape index (κ2) is 9.17. The zero-order valence-corrected chi connectivity index (χ0v) is 18.2. The summed E-state index contributed by atoms with van der Waals surface area (Å²) in [5, 5.41) is 2.30. The lowest BCUT2D eigenvalue weighted by atomic mass is 10.1. The van der Waals surface area contributed by atoms with Gasteiger partial charge in [0, 0.05) is 61.8 Å². The Kier molecular flexibility index (Phi) is 6.54. The van der Waals surface area contributed by atoms with Gasteiger partial charge in [-0.3, -0.25) is 14.5 Å². The van der Waals surface area contributed by atoms with Crippen LogP contribution in [0.5, 0.6) is 0 Å². The van der Waals surface area contributed by atoms with E-state index in [9.17, 15) is 22.8 Å². The van der Waals surface area contributed by atoms with Crippen LogP contribution < -0.4 is 0 Å². The quantitative estimate of drug-likeness (QED) is 0.629. The lowest BCUT2D eigenvalue weighted by Crippen LogP contribution is -2.64. The number of alkyl halides is 3. The Morgan fingerprint density at radius 1 is 1.06 bits per heavy atom. The molecule has 2 fully saturated rings. The largest absolute Gasteiger partial charge is 0.416 e. The zero-order valence-electron chi connectivity index (χ0n) is 16.5. The first kappa shape index (κ1) is 22.1. The molecule has 0 unspecified atom stereocenters. The number of thiazole rings is 1. The Balaban J connectivity index is 1.17. The van der Waals surface area contributed by atoms with Gasteiger partial charge in [-0.25, -0.2) is 4.98 Å². The molecule has 0 N–H and O–H groups in total. The zero-order chi connectivity index (χ0) is 22.0. The van der Waals surface area contributed by atoms with Crippen molar-refractivity contribution in [1.82, 2.24) is 19.7 Å². The van der Waals surface area contributed by atoms with E-state index in [1.165, 1.54) is 35.2 Å². The maximum atomic E-state index is 12.6. The molecule has 2 aliphatic rings. The van der Waals surface area contributed by atoms with Gasteiger partial charge < -0.3 is 9.80 Å². The third-order valence-electron chi connectivity index (χ3n) is 5.49. The normalized spacial score (nSPS) is 18.2. The lowest BCUT2D eigenvalue weighted by Gasteiger charge is -2.48. The van der Waals surface area contributed by atoms with Crippen LogP contribution in [0.3, 0.4) is 0 Å². The van der Waals surface area contributed by atoms with Crippen molar-refractivity contribution in [2.24, 2.45) is 0 Å². The Morgan fingerprint density at radius 3 is 2.32 bits per heavy atom. The van der Waals surface area contributed by atoms with E-state index in [2.05, 4.69) is 9.88 Å². The minimum absolute atomic E-state index is 0.0151. The van der Waals surface area contributed by atoms with Crippen LogP contribution in [-0.2, 0) is 11.0 Å². The van der Waals surface area contributed by atoms with Crippen molar-refractivity contribution >= 4 is 34.9 Å². The topological polar surface area (TPSA) is 56.8 Å².